The van der Waals surface area contributed by atoms with Crippen molar-refractivity contribution in [3.05, 3.63) is 21.3 Å². The van der Waals surface area contributed by atoms with Crippen molar-refractivity contribution in [2.45, 2.75) is 5.92 Å². The molecule has 1 heterocycles. The van der Waals surface area contributed by atoms with Crippen molar-refractivity contribution in [3.8, 4) is 0 Å². The summed E-state index contributed by atoms with van der Waals surface area (Å²) in [5, 5.41) is 0. The minimum Gasteiger partial charge on any atom is -0.296 e. The van der Waals surface area contributed by atoms with Gasteiger partial charge in [0.1, 0.15) is 0 Å². The quantitative estimate of drug-likeness (QED) is 0.665. The van der Waals surface area contributed by atoms with Crippen LogP contribution in [0.2, 0.25) is 4.34 Å². The first kappa shape index (κ1) is 8.62. The highest BCUT2D eigenvalue weighted by Crippen LogP contribution is 2.33. The Kier molecular flexibility index (Phi) is 2.25. The highest BCUT2D eigenvalue weighted by molar-refractivity contribution is 7.16. The molecule has 0 aromatic carbocycles. The average molecular weight is 197 g/mol. The molecule has 0 bridgehead atoms. The van der Waals surface area contributed by atoms with E-state index in [0.717, 1.165) is 6.07 Å². The van der Waals surface area contributed by atoms with E-state index < -0.39 is 12.2 Å². The molecule has 0 saturated carbocycles. The second-order valence-corrected chi connectivity index (χ2v) is 3.56. The van der Waals surface area contributed by atoms with E-state index in [0.29, 0.717) is 11.3 Å². The molecular formula is C6H3ClF2OS. The van der Waals surface area contributed by atoms with E-state index in [-0.39, 0.29) is 9.21 Å². The largest absolute Gasteiger partial charge is 0.336 e. The van der Waals surface area contributed by atoms with E-state index >= 15 is 0 Å². The third-order valence-corrected chi connectivity index (χ3v) is 2.37. The van der Waals surface area contributed by atoms with Crippen molar-refractivity contribution in [2.75, 3.05) is 0 Å². The number of carbonyl (C=O) groups is 1. The van der Waals surface area contributed by atoms with Gasteiger partial charge in [0.25, 0.3) is 0 Å². The minimum atomic E-state index is -3.39. The molecule has 0 radical (unpaired) electrons. The van der Waals surface area contributed by atoms with Crippen molar-refractivity contribution < 1.29 is 13.6 Å². The number of rotatable bonds is 2. The number of hydrogen-bond donors (Lipinski definition) is 0. The van der Waals surface area contributed by atoms with Crippen LogP contribution in [0.25, 0.3) is 0 Å². The lowest BCUT2D eigenvalue weighted by Gasteiger charge is -2.03. The molecule has 1 rings (SSSR count). The molecule has 0 aliphatic rings. The van der Waals surface area contributed by atoms with Gasteiger partial charge in [-0.3, -0.25) is 4.79 Å². The zero-order valence-electron chi connectivity index (χ0n) is 5.18. The van der Waals surface area contributed by atoms with Crippen LogP contribution >= 0.6 is 22.9 Å². The molecular weight excluding hydrogens is 194 g/mol. The van der Waals surface area contributed by atoms with Crippen LogP contribution in [0.1, 0.15) is 4.88 Å². The van der Waals surface area contributed by atoms with E-state index in [4.69, 9.17) is 11.6 Å². The van der Waals surface area contributed by atoms with Crippen molar-refractivity contribution >= 4 is 29.2 Å². The fraction of sp³-hybridized carbons (Fsp3) is 0.167. The van der Waals surface area contributed by atoms with Crippen molar-refractivity contribution in [3.63, 3.8) is 0 Å². The summed E-state index contributed by atoms with van der Waals surface area (Å²) in [7, 11) is 0. The minimum absolute atomic E-state index is 0.251. The standard InChI is InChI=1S/C6H3ClF2OS/c7-5-2-1-4(11-5)6(8,9)3-10/h1-3H. The highest BCUT2D eigenvalue weighted by Gasteiger charge is 2.32. The van der Waals surface area contributed by atoms with Crippen LogP contribution in [0, 0.1) is 0 Å². The maximum atomic E-state index is 12.5. The lowest BCUT2D eigenvalue weighted by Crippen LogP contribution is -2.12. The average Bonchev–Trinajstić information content (AvgIpc) is 2.36. The SMILES string of the molecule is O=CC(F)(F)c1ccc(Cl)s1. The van der Waals surface area contributed by atoms with Crippen LogP contribution in [0.4, 0.5) is 8.78 Å². The Hall–Kier alpha value is -0.480. The van der Waals surface area contributed by atoms with Crippen LogP contribution in [0.15, 0.2) is 12.1 Å². The molecule has 60 valence electrons. The zero-order valence-corrected chi connectivity index (χ0v) is 6.75. The van der Waals surface area contributed by atoms with E-state index in [1.165, 1.54) is 6.07 Å². The van der Waals surface area contributed by atoms with E-state index in [2.05, 4.69) is 0 Å². The van der Waals surface area contributed by atoms with E-state index in [1.807, 2.05) is 0 Å². The molecule has 1 aromatic rings. The zero-order chi connectivity index (χ0) is 8.48. The topological polar surface area (TPSA) is 17.1 Å². The molecule has 0 aliphatic carbocycles. The maximum Gasteiger partial charge on any atom is 0.336 e. The molecule has 5 heteroatoms. The van der Waals surface area contributed by atoms with Gasteiger partial charge in [0.05, 0.1) is 9.21 Å². The van der Waals surface area contributed by atoms with Gasteiger partial charge in [0.15, 0.2) is 6.29 Å². The first-order chi connectivity index (χ1) is 5.06. The lowest BCUT2D eigenvalue weighted by atomic mass is 10.3. The number of aldehydes is 1. The highest BCUT2D eigenvalue weighted by atomic mass is 35.5. The molecule has 1 aromatic heterocycles. The molecule has 0 amide bonds. The molecule has 0 aliphatic heterocycles. The first-order valence-electron chi connectivity index (χ1n) is 2.66. The van der Waals surface area contributed by atoms with Gasteiger partial charge < -0.3 is 0 Å². The smallest absolute Gasteiger partial charge is 0.296 e. The lowest BCUT2D eigenvalue weighted by molar-refractivity contribution is -0.129. The third-order valence-electron chi connectivity index (χ3n) is 1.05. The summed E-state index contributed by atoms with van der Waals surface area (Å²) in [6.45, 7) is 0. The fourth-order valence-corrected chi connectivity index (χ4v) is 1.53. The summed E-state index contributed by atoms with van der Waals surface area (Å²) in [4.78, 5) is 9.53. The van der Waals surface area contributed by atoms with Crippen molar-refractivity contribution in [1.29, 1.82) is 0 Å². The van der Waals surface area contributed by atoms with E-state index in [9.17, 15) is 13.6 Å². The molecule has 0 saturated heterocycles. The monoisotopic (exact) mass is 196 g/mol. The number of hydrogen-bond acceptors (Lipinski definition) is 2. The predicted molar refractivity (Wildman–Crippen MR) is 39.3 cm³/mol. The van der Waals surface area contributed by atoms with Gasteiger partial charge in [-0.1, -0.05) is 11.6 Å². The summed E-state index contributed by atoms with van der Waals surface area (Å²) in [6.07, 6.45) is -0.394. The molecule has 0 unspecified atom stereocenters. The van der Waals surface area contributed by atoms with Gasteiger partial charge >= 0.3 is 5.92 Å². The summed E-state index contributed by atoms with van der Waals surface area (Å²) in [5.74, 6) is -3.39. The van der Waals surface area contributed by atoms with Gasteiger partial charge in [-0.25, -0.2) is 0 Å². The van der Waals surface area contributed by atoms with Gasteiger partial charge in [0, 0.05) is 0 Å². The Morgan fingerprint density at radius 1 is 1.55 bits per heavy atom. The Bertz CT molecular complexity index is 271. The number of halogens is 3. The van der Waals surface area contributed by atoms with Gasteiger partial charge in [0.2, 0.25) is 0 Å². The second kappa shape index (κ2) is 2.87. The van der Waals surface area contributed by atoms with Crippen molar-refractivity contribution in [2.24, 2.45) is 0 Å². The normalized spacial score (nSPS) is 11.5. The Morgan fingerprint density at radius 3 is 2.55 bits per heavy atom. The van der Waals surface area contributed by atoms with Gasteiger partial charge in [-0.15, -0.1) is 11.3 Å². The van der Waals surface area contributed by atoms with Crippen LogP contribution in [-0.2, 0) is 10.7 Å². The third kappa shape index (κ3) is 1.75. The second-order valence-electron chi connectivity index (χ2n) is 1.84. The number of thiophene rings is 1. The Balaban J connectivity index is 3.01. The van der Waals surface area contributed by atoms with Crippen LogP contribution in [-0.4, -0.2) is 6.29 Å². The molecule has 1 nitrogen and oxygen atoms in total. The van der Waals surface area contributed by atoms with Crippen LogP contribution < -0.4 is 0 Å². The van der Waals surface area contributed by atoms with Crippen LogP contribution in [0.5, 0.6) is 0 Å². The predicted octanol–water partition coefficient (Wildman–Crippen LogP) is 2.69. The molecule has 0 fully saturated rings. The summed E-state index contributed by atoms with van der Waals surface area (Å²) < 4.78 is 25.2. The molecule has 11 heavy (non-hydrogen) atoms. The summed E-state index contributed by atoms with van der Waals surface area (Å²) in [5.41, 5.74) is 0. The molecule has 0 spiro atoms. The molecule has 0 atom stereocenters. The van der Waals surface area contributed by atoms with E-state index in [1.54, 1.807) is 0 Å². The van der Waals surface area contributed by atoms with Crippen LogP contribution in [0.3, 0.4) is 0 Å². The number of alkyl halides is 2. The first-order valence-corrected chi connectivity index (χ1v) is 3.85. The fourth-order valence-electron chi connectivity index (χ4n) is 0.552. The molecule has 0 N–H and O–H groups in total. The van der Waals surface area contributed by atoms with Crippen molar-refractivity contribution in [1.82, 2.24) is 0 Å². The van der Waals surface area contributed by atoms with Gasteiger partial charge in [-0.05, 0) is 12.1 Å². The Morgan fingerprint density at radius 2 is 2.18 bits per heavy atom. The van der Waals surface area contributed by atoms with Gasteiger partial charge in [-0.2, -0.15) is 8.78 Å². The maximum absolute atomic E-state index is 12.5. The number of carbonyl (C=O) groups excluding carboxylic acids is 1. The summed E-state index contributed by atoms with van der Waals surface area (Å²) >= 11 is 6.10. The Labute approximate surface area is 70.6 Å². The summed E-state index contributed by atoms with van der Waals surface area (Å²) in [6, 6.07) is 2.47.